The van der Waals surface area contributed by atoms with Crippen LogP contribution in [0.5, 0.6) is 0 Å². The van der Waals surface area contributed by atoms with Crippen LogP contribution in [0.1, 0.15) is 50.5 Å². The lowest BCUT2D eigenvalue weighted by Crippen LogP contribution is -2.48. The lowest BCUT2D eigenvalue weighted by Gasteiger charge is -2.35. The Kier molecular flexibility index (Phi) is 5.94. The topological polar surface area (TPSA) is 49.4 Å². The Morgan fingerprint density at radius 3 is 2.39 bits per heavy atom. The van der Waals surface area contributed by atoms with Crippen molar-refractivity contribution in [2.24, 2.45) is 5.92 Å². The summed E-state index contributed by atoms with van der Waals surface area (Å²) in [6, 6.07) is 14.5. The van der Waals surface area contributed by atoms with Gasteiger partial charge >= 0.3 is 0 Å². The molecule has 2 fully saturated rings. The second kappa shape index (κ2) is 8.76. The van der Waals surface area contributed by atoms with E-state index in [-0.39, 0.29) is 17.9 Å². The minimum absolute atomic E-state index is 0.0772. The monoisotopic (exact) mass is 378 g/mol. The SMILES string of the molecule is O=C(Cc1cccc2ccccc12)NC1CCN(C(=O)C2CCCCC2)CC1. The highest BCUT2D eigenvalue weighted by atomic mass is 16.2. The summed E-state index contributed by atoms with van der Waals surface area (Å²) < 4.78 is 0. The molecule has 0 spiro atoms. The second-order valence-electron chi connectivity index (χ2n) is 8.32. The fraction of sp³-hybridized carbons (Fsp3) is 0.500. The normalized spacial score (nSPS) is 18.9. The van der Waals surface area contributed by atoms with E-state index in [0.717, 1.165) is 49.7 Å². The first-order valence-electron chi connectivity index (χ1n) is 10.8. The van der Waals surface area contributed by atoms with Gasteiger partial charge in [-0.05, 0) is 42.0 Å². The molecule has 4 rings (SSSR count). The number of likely N-dealkylation sites (tertiary alicyclic amines) is 1. The highest BCUT2D eigenvalue weighted by Gasteiger charge is 2.29. The predicted octanol–water partition coefficient (Wildman–Crippen LogP) is 4.07. The van der Waals surface area contributed by atoms with Crippen LogP contribution in [-0.4, -0.2) is 35.8 Å². The zero-order chi connectivity index (χ0) is 19.3. The zero-order valence-corrected chi connectivity index (χ0v) is 16.5. The fourth-order valence-corrected chi connectivity index (χ4v) is 4.75. The first-order chi connectivity index (χ1) is 13.7. The maximum atomic E-state index is 12.7. The van der Waals surface area contributed by atoms with E-state index in [1.54, 1.807) is 0 Å². The molecule has 0 aromatic heterocycles. The van der Waals surface area contributed by atoms with Crippen molar-refractivity contribution in [1.29, 1.82) is 0 Å². The largest absolute Gasteiger partial charge is 0.353 e. The lowest BCUT2D eigenvalue weighted by molar-refractivity contribution is -0.137. The van der Waals surface area contributed by atoms with Crippen molar-refractivity contribution >= 4 is 22.6 Å². The molecule has 148 valence electrons. The van der Waals surface area contributed by atoms with Crippen LogP contribution in [-0.2, 0) is 16.0 Å². The Morgan fingerprint density at radius 1 is 0.893 bits per heavy atom. The van der Waals surface area contributed by atoms with Gasteiger partial charge in [0.25, 0.3) is 0 Å². The molecule has 2 amide bonds. The number of fused-ring (bicyclic) bond motifs is 1. The quantitative estimate of drug-likeness (QED) is 0.872. The molecule has 4 nitrogen and oxygen atoms in total. The molecule has 0 bridgehead atoms. The zero-order valence-electron chi connectivity index (χ0n) is 16.5. The summed E-state index contributed by atoms with van der Waals surface area (Å²) in [5, 5.41) is 5.51. The molecular formula is C24H30N2O2. The first kappa shape index (κ1) is 19.0. The molecule has 1 saturated carbocycles. The molecule has 2 aromatic rings. The molecule has 2 aromatic carbocycles. The van der Waals surface area contributed by atoms with Crippen LogP contribution >= 0.6 is 0 Å². The lowest BCUT2D eigenvalue weighted by atomic mass is 9.87. The molecule has 0 radical (unpaired) electrons. The van der Waals surface area contributed by atoms with Gasteiger partial charge < -0.3 is 10.2 Å². The summed E-state index contributed by atoms with van der Waals surface area (Å²) in [6.07, 6.45) is 7.89. The van der Waals surface area contributed by atoms with Gasteiger partial charge in [-0.15, -0.1) is 0 Å². The number of nitrogens with zero attached hydrogens (tertiary/aromatic N) is 1. The van der Waals surface area contributed by atoms with Gasteiger partial charge in [-0.25, -0.2) is 0 Å². The van der Waals surface area contributed by atoms with E-state index >= 15 is 0 Å². The predicted molar refractivity (Wildman–Crippen MR) is 112 cm³/mol. The van der Waals surface area contributed by atoms with Gasteiger partial charge in [0.15, 0.2) is 0 Å². The smallest absolute Gasteiger partial charge is 0.225 e. The minimum atomic E-state index is 0.0772. The molecule has 1 saturated heterocycles. The van der Waals surface area contributed by atoms with Crippen LogP contribution in [0, 0.1) is 5.92 Å². The van der Waals surface area contributed by atoms with Crippen LogP contribution < -0.4 is 5.32 Å². The van der Waals surface area contributed by atoms with Crippen molar-refractivity contribution in [3.63, 3.8) is 0 Å². The number of hydrogen-bond donors (Lipinski definition) is 1. The van der Waals surface area contributed by atoms with Crippen LogP contribution in [0.4, 0.5) is 0 Å². The number of benzene rings is 2. The highest BCUT2D eigenvalue weighted by Crippen LogP contribution is 2.26. The van der Waals surface area contributed by atoms with Gasteiger partial charge in [-0.2, -0.15) is 0 Å². The Balaban J connectivity index is 1.28. The maximum Gasteiger partial charge on any atom is 0.225 e. The molecule has 2 aliphatic rings. The molecule has 0 unspecified atom stereocenters. The third-order valence-electron chi connectivity index (χ3n) is 6.36. The van der Waals surface area contributed by atoms with Crippen LogP contribution in [0.3, 0.4) is 0 Å². The summed E-state index contributed by atoms with van der Waals surface area (Å²) in [7, 11) is 0. The van der Waals surface area contributed by atoms with E-state index in [1.165, 1.54) is 24.6 Å². The van der Waals surface area contributed by atoms with Gasteiger partial charge in [0.1, 0.15) is 0 Å². The number of nitrogens with one attached hydrogen (secondary N) is 1. The van der Waals surface area contributed by atoms with E-state index in [2.05, 4.69) is 23.5 Å². The number of piperidine rings is 1. The Labute approximate surface area is 167 Å². The van der Waals surface area contributed by atoms with Gasteiger partial charge in [0, 0.05) is 25.0 Å². The summed E-state index contributed by atoms with van der Waals surface area (Å²) in [6.45, 7) is 1.54. The highest BCUT2D eigenvalue weighted by molar-refractivity contribution is 5.90. The number of carbonyl (C=O) groups is 2. The van der Waals surface area contributed by atoms with E-state index in [9.17, 15) is 9.59 Å². The third kappa shape index (κ3) is 4.37. The maximum absolute atomic E-state index is 12.7. The van der Waals surface area contributed by atoms with Crippen molar-refractivity contribution in [1.82, 2.24) is 10.2 Å². The second-order valence-corrected chi connectivity index (χ2v) is 8.32. The summed E-state index contributed by atoms with van der Waals surface area (Å²) >= 11 is 0. The van der Waals surface area contributed by atoms with E-state index in [0.29, 0.717) is 12.3 Å². The number of hydrogen-bond acceptors (Lipinski definition) is 2. The first-order valence-corrected chi connectivity index (χ1v) is 10.8. The van der Waals surface area contributed by atoms with Crippen LogP contribution in [0.25, 0.3) is 10.8 Å². The minimum Gasteiger partial charge on any atom is -0.353 e. The summed E-state index contributed by atoms with van der Waals surface area (Å²) in [5.41, 5.74) is 1.07. The van der Waals surface area contributed by atoms with Crippen molar-refractivity contribution in [2.75, 3.05) is 13.1 Å². The Hall–Kier alpha value is -2.36. The van der Waals surface area contributed by atoms with Crippen LogP contribution in [0.15, 0.2) is 42.5 Å². The van der Waals surface area contributed by atoms with E-state index < -0.39 is 0 Å². The van der Waals surface area contributed by atoms with Gasteiger partial charge in [0.05, 0.1) is 6.42 Å². The van der Waals surface area contributed by atoms with Crippen molar-refractivity contribution in [3.8, 4) is 0 Å². The molecular weight excluding hydrogens is 348 g/mol. The number of carbonyl (C=O) groups excluding carboxylic acids is 2. The Bertz CT molecular complexity index is 828. The number of rotatable bonds is 4. The van der Waals surface area contributed by atoms with Crippen molar-refractivity contribution < 1.29 is 9.59 Å². The molecule has 4 heteroatoms. The fourth-order valence-electron chi connectivity index (χ4n) is 4.75. The van der Waals surface area contributed by atoms with Gasteiger partial charge in [0.2, 0.25) is 11.8 Å². The average molecular weight is 379 g/mol. The summed E-state index contributed by atoms with van der Waals surface area (Å²) in [4.78, 5) is 27.3. The van der Waals surface area contributed by atoms with Gasteiger partial charge in [-0.1, -0.05) is 61.7 Å². The van der Waals surface area contributed by atoms with Crippen molar-refractivity contribution in [2.45, 2.75) is 57.4 Å². The molecule has 1 aliphatic carbocycles. The van der Waals surface area contributed by atoms with Crippen LogP contribution in [0.2, 0.25) is 0 Å². The number of amides is 2. The average Bonchev–Trinajstić information content (AvgIpc) is 2.75. The molecule has 1 heterocycles. The molecule has 0 atom stereocenters. The Morgan fingerprint density at radius 2 is 1.61 bits per heavy atom. The molecule has 1 aliphatic heterocycles. The van der Waals surface area contributed by atoms with Crippen molar-refractivity contribution in [3.05, 3.63) is 48.0 Å². The van der Waals surface area contributed by atoms with Gasteiger partial charge in [-0.3, -0.25) is 9.59 Å². The molecule has 1 N–H and O–H groups in total. The molecule has 28 heavy (non-hydrogen) atoms. The van der Waals surface area contributed by atoms with E-state index in [4.69, 9.17) is 0 Å². The standard InChI is InChI=1S/C24H30N2O2/c27-23(17-20-11-6-10-18-7-4-5-12-22(18)20)25-21-13-15-26(16-14-21)24(28)19-8-2-1-3-9-19/h4-7,10-12,19,21H,1-3,8-9,13-17H2,(H,25,27). The summed E-state index contributed by atoms with van der Waals surface area (Å²) in [5.74, 6) is 0.667. The van der Waals surface area contributed by atoms with E-state index in [1.807, 2.05) is 29.2 Å². The third-order valence-corrected chi connectivity index (χ3v) is 6.36.